The first kappa shape index (κ1) is 18.2. The van der Waals surface area contributed by atoms with E-state index < -0.39 is 10.0 Å². The number of nitrogens with zero attached hydrogens (tertiary/aromatic N) is 4. The average molecular weight is 368 g/mol. The van der Waals surface area contributed by atoms with Gasteiger partial charge in [0.25, 0.3) is 5.91 Å². The van der Waals surface area contributed by atoms with Crippen LogP contribution in [0.15, 0.2) is 18.6 Å². The third-order valence-corrected chi connectivity index (χ3v) is 6.68. The maximum absolute atomic E-state index is 12.5. The smallest absolute Gasteiger partial charge is 0.272 e. The van der Waals surface area contributed by atoms with Crippen LogP contribution in [0.1, 0.15) is 23.3 Å². The minimum atomic E-state index is -3.22. The average Bonchev–Trinajstić information content (AvgIpc) is 2.95. The van der Waals surface area contributed by atoms with Gasteiger partial charge in [-0.3, -0.25) is 4.79 Å². The Kier molecular flexibility index (Phi) is 5.08. The summed E-state index contributed by atoms with van der Waals surface area (Å²) in [6, 6.07) is 1.61. The highest BCUT2D eigenvalue weighted by Gasteiger charge is 2.50. The molecule has 1 atom stereocenters. The van der Waals surface area contributed by atoms with E-state index in [1.54, 1.807) is 28.6 Å². The first-order valence-corrected chi connectivity index (χ1v) is 10.2. The van der Waals surface area contributed by atoms with E-state index in [9.17, 15) is 13.2 Å². The molecule has 2 aliphatic rings. The molecule has 9 heteroatoms. The van der Waals surface area contributed by atoms with Crippen LogP contribution < -0.4 is 0 Å². The molecule has 3 heterocycles. The van der Waals surface area contributed by atoms with Gasteiger partial charge in [-0.25, -0.2) is 22.7 Å². The molecule has 1 amide bonds. The number of methoxy groups -OCH3 is 1. The molecule has 1 aromatic heterocycles. The summed E-state index contributed by atoms with van der Waals surface area (Å²) in [6.45, 7) is 2.73. The fourth-order valence-corrected chi connectivity index (χ4v) is 4.91. The highest BCUT2D eigenvalue weighted by molar-refractivity contribution is 7.88. The van der Waals surface area contributed by atoms with Crippen molar-refractivity contribution in [3.8, 4) is 0 Å². The highest BCUT2D eigenvalue weighted by Crippen LogP contribution is 2.45. The third kappa shape index (κ3) is 3.68. The van der Waals surface area contributed by atoms with E-state index in [4.69, 9.17) is 4.74 Å². The van der Waals surface area contributed by atoms with Crippen molar-refractivity contribution in [3.63, 3.8) is 0 Å². The van der Waals surface area contributed by atoms with E-state index in [1.165, 1.54) is 12.6 Å². The highest BCUT2D eigenvalue weighted by atomic mass is 32.2. The van der Waals surface area contributed by atoms with Crippen LogP contribution in [0.25, 0.3) is 0 Å². The van der Waals surface area contributed by atoms with Gasteiger partial charge in [-0.05, 0) is 24.3 Å². The number of carbonyl (C=O) groups is 1. The van der Waals surface area contributed by atoms with Crippen molar-refractivity contribution in [1.29, 1.82) is 0 Å². The molecular weight excluding hydrogens is 344 g/mol. The van der Waals surface area contributed by atoms with E-state index in [-0.39, 0.29) is 17.2 Å². The van der Waals surface area contributed by atoms with Crippen LogP contribution in [-0.2, 0) is 14.8 Å². The number of piperidine rings is 1. The van der Waals surface area contributed by atoms with Gasteiger partial charge in [0, 0.05) is 45.4 Å². The minimum Gasteiger partial charge on any atom is -0.384 e. The molecule has 0 radical (unpaired) electrons. The van der Waals surface area contributed by atoms with Crippen LogP contribution in [0.5, 0.6) is 0 Å². The maximum Gasteiger partial charge on any atom is 0.272 e. The van der Waals surface area contributed by atoms with Crippen LogP contribution in [0.3, 0.4) is 0 Å². The second kappa shape index (κ2) is 6.97. The zero-order valence-electron chi connectivity index (χ0n) is 14.6. The lowest BCUT2D eigenvalue weighted by atomic mass is 9.71. The molecule has 2 saturated heterocycles. The molecule has 0 saturated carbocycles. The van der Waals surface area contributed by atoms with E-state index in [1.807, 2.05) is 0 Å². The molecule has 25 heavy (non-hydrogen) atoms. The molecule has 138 valence electrons. The lowest BCUT2D eigenvalue weighted by Crippen LogP contribution is -2.47. The molecule has 8 nitrogen and oxygen atoms in total. The summed E-state index contributed by atoms with van der Waals surface area (Å²) < 4.78 is 30.8. The summed E-state index contributed by atoms with van der Waals surface area (Å²) >= 11 is 0. The summed E-state index contributed by atoms with van der Waals surface area (Å²) in [5.41, 5.74) is 0.269. The van der Waals surface area contributed by atoms with Crippen LogP contribution >= 0.6 is 0 Å². The summed E-state index contributed by atoms with van der Waals surface area (Å²) in [5, 5.41) is 0. The Hall–Kier alpha value is -1.58. The van der Waals surface area contributed by atoms with E-state index >= 15 is 0 Å². The number of hydrogen-bond acceptors (Lipinski definition) is 6. The first-order valence-electron chi connectivity index (χ1n) is 8.35. The predicted molar refractivity (Wildman–Crippen MR) is 91.4 cm³/mol. The van der Waals surface area contributed by atoms with Gasteiger partial charge < -0.3 is 9.64 Å². The standard InChI is InChI=1S/C16H24N4O4S/c1-24-10-13-9-20(25(2,22)23)11-16(13)4-7-19(8-5-16)15(21)14-3-6-17-12-18-14/h3,6,12-13H,4-5,7-11H2,1-2H3/t13-/m1/s1. The quantitative estimate of drug-likeness (QED) is 0.756. The van der Waals surface area contributed by atoms with Gasteiger partial charge in [-0.15, -0.1) is 0 Å². The number of rotatable bonds is 4. The van der Waals surface area contributed by atoms with Crippen molar-refractivity contribution in [2.24, 2.45) is 11.3 Å². The monoisotopic (exact) mass is 368 g/mol. The molecule has 1 spiro atoms. The maximum atomic E-state index is 12.5. The third-order valence-electron chi connectivity index (χ3n) is 5.47. The Balaban J connectivity index is 1.71. The minimum absolute atomic E-state index is 0.0986. The predicted octanol–water partition coefficient (Wildman–Crippen LogP) is 0.237. The van der Waals surface area contributed by atoms with Crippen molar-refractivity contribution in [3.05, 3.63) is 24.3 Å². The Morgan fingerprint density at radius 2 is 2.12 bits per heavy atom. The second-order valence-corrected chi connectivity index (χ2v) is 8.94. The molecular formula is C16H24N4O4S. The molecule has 0 bridgehead atoms. The van der Waals surface area contributed by atoms with Gasteiger partial charge in [0.15, 0.2) is 0 Å². The van der Waals surface area contributed by atoms with Crippen molar-refractivity contribution in [2.45, 2.75) is 12.8 Å². The van der Waals surface area contributed by atoms with Crippen molar-refractivity contribution in [1.82, 2.24) is 19.2 Å². The van der Waals surface area contributed by atoms with Crippen molar-refractivity contribution < 1.29 is 17.9 Å². The zero-order valence-corrected chi connectivity index (χ0v) is 15.4. The Labute approximate surface area is 148 Å². The number of hydrogen-bond donors (Lipinski definition) is 0. The Bertz CT molecular complexity index is 717. The molecule has 2 fully saturated rings. The summed E-state index contributed by atoms with van der Waals surface area (Å²) in [4.78, 5) is 22.2. The van der Waals surface area contributed by atoms with Gasteiger partial charge in [-0.1, -0.05) is 0 Å². The van der Waals surface area contributed by atoms with Crippen molar-refractivity contribution in [2.75, 3.05) is 46.2 Å². The lowest BCUT2D eigenvalue weighted by Gasteiger charge is -2.42. The fraction of sp³-hybridized carbons (Fsp3) is 0.688. The van der Waals surface area contributed by atoms with Crippen molar-refractivity contribution >= 4 is 15.9 Å². The normalized spacial score (nSPS) is 23.9. The van der Waals surface area contributed by atoms with E-state index in [0.717, 1.165) is 12.8 Å². The lowest BCUT2D eigenvalue weighted by molar-refractivity contribution is 0.0324. The van der Waals surface area contributed by atoms with Gasteiger partial charge in [0.05, 0.1) is 12.9 Å². The molecule has 0 N–H and O–H groups in total. The Morgan fingerprint density at radius 1 is 1.40 bits per heavy atom. The molecule has 0 aliphatic carbocycles. The summed E-state index contributed by atoms with van der Waals surface area (Å²) in [5.74, 6) is 0.0574. The van der Waals surface area contributed by atoms with Crippen LogP contribution in [-0.4, -0.2) is 79.6 Å². The fourth-order valence-electron chi connectivity index (χ4n) is 3.97. The number of ether oxygens (including phenoxy) is 1. The van der Waals surface area contributed by atoms with Gasteiger partial charge in [0.1, 0.15) is 12.0 Å². The van der Waals surface area contributed by atoms with Crippen LogP contribution in [0, 0.1) is 11.3 Å². The molecule has 0 unspecified atom stereocenters. The molecule has 1 aromatic rings. The number of carbonyl (C=O) groups excluding carboxylic acids is 1. The topological polar surface area (TPSA) is 92.7 Å². The van der Waals surface area contributed by atoms with E-state index in [0.29, 0.717) is 38.5 Å². The van der Waals surface area contributed by atoms with E-state index in [2.05, 4.69) is 9.97 Å². The molecule has 0 aromatic carbocycles. The second-order valence-electron chi connectivity index (χ2n) is 6.96. The molecule has 3 rings (SSSR count). The van der Waals surface area contributed by atoms with Crippen LogP contribution in [0.4, 0.5) is 0 Å². The number of amides is 1. The summed E-state index contributed by atoms with van der Waals surface area (Å²) in [7, 11) is -1.58. The largest absolute Gasteiger partial charge is 0.384 e. The zero-order chi connectivity index (χ0) is 18.1. The van der Waals surface area contributed by atoms with Gasteiger partial charge in [0.2, 0.25) is 10.0 Å². The number of likely N-dealkylation sites (tertiary alicyclic amines) is 1. The summed E-state index contributed by atoms with van der Waals surface area (Å²) in [6.07, 6.45) is 5.72. The first-order chi connectivity index (χ1) is 11.9. The molecule has 2 aliphatic heterocycles. The Morgan fingerprint density at radius 3 is 2.68 bits per heavy atom. The SMILES string of the molecule is COC[C@H]1CN(S(C)(=O)=O)CC12CCN(C(=O)c1ccncn1)CC2. The number of aromatic nitrogens is 2. The van der Waals surface area contributed by atoms with Gasteiger partial charge >= 0.3 is 0 Å². The number of sulfonamides is 1. The van der Waals surface area contributed by atoms with Gasteiger partial charge in [-0.2, -0.15) is 0 Å². The van der Waals surface area contributed by atoms with Crippen LogP contribution in [0.2, 0.25) is 0 Å².